The molecule has 2 aliphatic rings. The number of ether oxygens (including phenoxy) is 2. The molecule has 1 atom stereocenters. The summed E-state index contributed by atoms with van der Waals surface area (Å²) in [5, 5.41) is 6.20. The number of fused-ring (bicyclic) bond motifs is 3. The SMILES string of the molecule is Cc1ncsc1-c1ccc(CNC(=O)OC(C)(C)C)c(CCCN2CCN(CCC(CSc3ccccc3)NC(=O)OCC3c4ccccc4-c4ccccc43)CC2)c1. The smallest absolute Gasteiger partial charge is 0.407 e. The Balaban J connectivity index is 0.898. The molecule has 2 N–H and O–H groups in total. The van der Waals surface area contributed by atoms with Gasteiger partial charge >= 0.3 is 12.2 Å². The maximum Gasteiger partial charge on any atom is 0.407 e. The standard InChI is InChI=1S/C48H57N5O4S2/c1-34-45(59-33-50-34)36-20-21-37(30-49-46(54)57-48(2,3)4)35(29-36)13-12-23-52-25-27-53(28-26-52)24-22-38(32-58-39-14-6-5-7-15-39)51-47(55)56-31-44-42-18-10-8-16-40(42)41-17-9-11-19-43(41)44/h5-11,14-21,29,33,38,44H,12-13,22-28,30-32H2,1-4H3,(H,49,54)(H,51,55). The van der Waals surface area contributed by atoms with E-state index in [0.717, 1.165) is 75.5 Å². The van der Waals surface area contributed by atoms with Crippen molar-refractivity contribution in [3.8, 4) is 21.6 Å². The lowest BCUT2D eigenvalue weighted by Crippen LogP contribution is -2.48. The molecule has 310 valence electrons. The molecule has 5 aromatic rings. The molecule has 59 heavy (non-hydrogen) atoms. The first-order valence-corrected chi connectivity index (χ1v) is 22.7. The van der Waals surface area contributed by atoms with Crippen molar-refractivity contribution in [3.63, 3.8) is 0 Å². The number of aromatic nitrogens is 1. The molecule has 1 unspecified atom stereocenters. The van der Waals surface area contributed by atoms with E-state index in [9.17, 15) is 9.59 Å². The molecule has 2 heterocycles. The zero-order chi connectivity index (χ0) is 41.2. The number of carbonyl (C=O) groups is 2. The fourth-order valence-electron chi connectivity index (χ4n) is 8.02. The first-order valence-electron chi connectivity index (χ1n) is 20.8. The Kier molecular flexibility index (Phi) is 14.4. The van der Waals surface area contributed by atoms with Gasteiger partial charge in [-0.05, 0) is 111 Å². The van der Waals surface area contributed by atoms with E-state index in [1.807, 2.05) is 39.3 Å². The van der Waals surface area contributed by atoms with Gasteiger partial charge in [0, 0.05) is 61.9 Å². The highest BCUT2D eigenvalue weighted by molar-refractivity contribution is 7.99. The van der Waals surface area contributed by atoms with Crippen LogP contribution in [-0.4, -0.2) is 90.2 Å². The highest BCUT2D eigenvalue weighted by Gasteiger charge is 2.29. The van der Waals surface area contributed by atoms with Crippen LogP contribution < -0.4 is 10.6 Å². The second kappa shape index (κ2) is 20.1. The molecule has 0 spiro atoms. The van der Waals surface area contributed by atoms with Crippen LogP contribution >= 0.6 is 23.1 Å². The van der Waals surface area contributed by atoms with Crippen molar-refractivity contribution in [1.29, 1.82) is 0 Å². The average Bonchev–Trinajstić information content (AvgIpc) is 3.81. The summed E-state index contributed by atoms with van der Waals surface area (Å²) < 4.78 is 11.5. The van der Waals surface area contributed by atoms with E-state index in [0.29, 0.717) is 13.2 Å². The first-order chi connectivity index (χ1) is 28.6. The summed E-state index contributed by atoms with van der Waals surface area (Å²) in [6, 6.07) is 33.8. The van der Waals surface area contributed by atoms with E-state index in [1.165, 1.54) is 43.2 Å². The molecule has 1 fully saturated rings. The molecule has 7 rings (SSSR count). The topological polar surface area (TPSA) is 96.0 Å². The lowest BCUT2D eigenvalue weighted by atomic mass is 9.98. The summed E-state index contributed by atoms with van der Waals surface area (Å²) in [6.45, 7) is 14.3. The molecule has 2 amide bonds. The van der Waals surface area contributed by atoms with E-state index in [4.69, 9.17) is 9.47 Å². The van der Waals surface area contributed by atoms with Crippen LogP contribution in [0.3, 0.4) is 0 Å². The minimum Gasteiger partial charge on any atom is -0.449 e. The number of rotatable bonds is 16. The maximum absolute atomic E-state index is 13.4. The average molecular weight is 832 g/mol. The van der Waals surface area contributed by atoms with E-state index in [2.05, 4.69) is 116 Å². The predicted octanol–water partition coefficient (Wildman–Crippen LogP) is 9.78. The number of benzene rings is 4. The van der Waals surface area contributed by atoms with Crippen molar-refractivity contribution in [3.05, 3.63) is 131 Å². The molecule has 1 aliphatic carbocycles. The van der Waals surface area contributed by atoms with Gasteiger partial charge < -0.3 is 29.9 Å². The molecular weight excluding hydrogens is 775 g/mol. The maximum atomic E-state index is 13.4. The number of piperazine rings is 1. The van der Waals surface area contributed by atoms with Gasteiger partial charge in [0.25, 0.3) is 0 Å². The van der Waals surface area contributed by atoms with E-state index < -0.39 is 11.7 Å². The number of aryl methyl sites for hydroxylation is 2. The third kappa shape index (κ3) is 11.8. The van der Waals surface area contributed by atoms with Gasteiger partial charge in [0.05, 0.1) is 16.1 Å². The van der Waals surface area contributed by atoms with E-state index in [1.54, 1.807) is 23.1 Å². The van der Waals surface area contributed by atoms with Crippen LogP contribution in [0.5, 0.6) is 0 Å². The Morgan fingerprint density at radius 2 is 1.51 bits per heavy atom. The minimum atomic E-state index is -0.546. The molecular formula is C48H57N5O4S2. The van der Waals surface area contributed by atoms with Gasteiger partial charge in [0.15, 0.2) is 0 Å². The molecule has 1 aromatic heterocycles. The van der Waals surface area contributed by atoms with Gasteiger partial charge in [-0.2, -0.15) is 0 Å². The normalized spacial score (nSPS) is 15.0. The monoisotopic (exact) mass is 831 g/mol. The quantitative estimate of drug-likeness (QED) is 0.0950. The Morgan fingerprint density at radius 3 is 2.17 bits per heavy atom. The van der Waals surface area contributed by atoms with Crippen LogP contribution in [0.15, 0.2) is 107 Å². The van der Waals surface area contributed by atoms with Crippen molar-refractivity contribution in [1.82, 2.24) is 25.4 Å². The number of thiazole rings is 1. The molecule has 0 bridgehead atoms. The summed E-state index contributed by atoms with van der Waals surface area (Å²) in [7, 11) is 0. The third-order valence-corrected chi connectivity index (χ3v) is 13.2. The van der Waals surface area contributed by atoms with Crippen LogP contribution in [0.2, 0.25) is 0 Å². The van der Waals surface area contributed by atoms with Crippen LogP contribution in [0.25, 0.3) is 21.6 Å². The fourth-order valence-corrected chi connectivity index (χ4v) is 9.81. The van der Waals surface area contributed by atoms with Crippen molar-refractivity contribution in [2.24, 2.45) is 0 Å². The van der Waals surface area contributed by atoms with E-state index in [-0.39, 0.29) is 18.1 Å². The molecule has 4 aromatic carbocycles. The number of amides is 2. The van der Waals surface area contributed by atoms with Gasteiger partial charge in [-0.15, -0.1) is 23.1 Å². The molecule has 1 saturated heterocycles. The lowest BCUT2D eigenvalue weighted by molar-refractivity contribution is 0.0523. The van der Waals surface area contributed by atoms with Gasteiger partial charge in [-0.25, -0.2) is 14.6 Å². The van der Waals surface area contributed by atoms with Crippen molar-refractivity contribution >= 4 is 35.3 Å². The number of nitrogens with zero attached hydrogens (tertiary/aromatic N) is 3. The summed E-state index contributed by atoms with van der Waals surface area (Å²) in [6.07, 6.45) is 2.02. The highest BCUT2D eigenvalue weighted by Crippen LogP contribution is 2.44. The number of hydrogen-bond donors (Lipinski definition) is 2. The molecule has 1 aliphatic heterocycles. The second-order valence-corrected chi connectivity index (χ2v) is 18.4. The Hall–Kier alpha value is -4.68. The lowest BCUT2D eigenvalue weighted by Gasteiger charge is -2.35. The number of hydrogen-bond acceptors (Lipinski definition) is 9. The summed E-state index contributed by atoms with van der Waals surface area (Å²) >= 11 is 3.43. The number of carbonyl (C=O) groups excluding carboxylic acids is 2. The van der Waals surface area contributed by atoms with Crippen LogP contribution in [0, 0.1) is 6.92 Å². The third-order valence-electron chi connectivity index (χ3n) is 11.1. The summed E-state index contributed by atoms with van der Waals surface area (Å²) in [5.74, 6) is 0.802. The second-order valence-electron chi connectivity index (χ2n) is 16.5. The predicted molar refractivity (Wildman–Crippen MR) is 240 cm³/mol. The van der Waals surface area contributed by atoms with Crippen molar-refractivity contribution in [2.75, 3.05) is 51.6 Å². The van der Waals surface area contributed by atoms with Crippen molar-refractivity contribution in [2.45, 2.75) is 76.0 Å². The zero-order valence-electron chi connectivity index (χ0n) is 34.7. The van der Waals surface area contributed by atoms with Crippen LogP contribution in [0.4, 0.5) is 9.59 Å². The van der Waals surface area contributed by atoms with Crippen molar-refractivity contribution < 1.29 is 19.1 Å². The van der Waals surface area contributed by atoms with Gasteiger partial charge in [-0.1, -0.05) is 78.9 Å². The Labute approximate surface area is 357 Å². The number of thioether (sulfide) groups is 1. The molecule has 0 radical (unpaired) electrons. The largest absolute Gasteiger partial charge is 0.449 e. The number of alkyl carbamates (subject to hydrolysis) is 2. The van der Waals surface area contributed by atoms with Gasteiger partial charge in [0.2, 0.25) is 0 Å². The first kappa shape index (κ1) is 42.4. The van der Waals surface area contributed by atoms with Crippen LogP contribution in [-0.2, 0) is 22.4 Å². The number of nitrogens with one attached hydrogen (secondary N) is 2. The molecule has 11 heteroatoms. The molecule has 9 nitrogen and oxygen atoms in total. The Bertz CT molecular complexity index is 2120. The van der Waals surface area contributed by atoms with Crippen LogP contribution in [0.1, 0.15) is 67.5 Å². The fraction of sp³-hybridized carbons (Fsp3) is 0.396. The molecule has 0 saturated carbocycles. The Morgan fingerprint density at radius 1 is 0.847 bits per heavy atom. The van der Waals surface area contributed by atoms with Gasteiger partial charge in [0.1, 0.15) is 12.2 Å². The zero-order valence-corrected chi connectivity index (χ0v) is 36.4. The minimum absolute atomic E-state index is 0.0302. The highest BCUT2D eigenvalue weighted by atomic mass is 32.2. The van der Waals surface area contributed by atoms with E-state index >= 15 is 0 Å². The summed E-state index contributed by atoms with van der Waals surface area (Å²) in [5.41, 5.74) is 10.8. The summed E-state index contributed by atoms with van der Waals surface area (Å²) in [4.78, 5) is 37.8. The van der Waals surface area contributed by atoms with Gasteiger partial charge in [-0.3, -0.25) is 0 Å².